The number of halogens is 3. The van der Waals surface area contributed by atoms with Crippen LogP contribution in [0.3, 0.4) is 0 Å². The summed E-state index contributed by atoms with van der Waals surface area (Å²) in [6.45, 7) is 2.99. The van der Waals surface area contributed by atoms with E-state index in [-0.39, 0.29) is 11.2 Å². The summed E-state index contributed by atoms with van der Waals surface area (Å²) in [7, 11) is 0. The molecule has 0 unspecified atom stereocenters. The van der Waals surface area contributed by atoms with Crippen molar-refractivity contribution in [2.75, 3.05) is 18.1 Å². The van der Waals surface area contributed by atoms with Crippen LogP contribution in [0.4, 0.5) is 24.5 Å². The van der Waals surface area contributed by atoms with Crippen molar-refractivity contribution in [2.24, 2.45) is 5.92 Å². The molecule has 6 nitrogen and oxygen atoms in total. The molecule has 0 N–H and O–H groups in total. The minimum absolute atomic E-state index is 0.0636. The van der Waals surface area contributed by atoms with E-state index in [0.29, 0.717) is 42.6 Å². The van der Waals surface area contributed by atoms with Gasteiger partial charge in [-0.3, -0.25) is 9.38 Å². The van der Waals surface area contributed by atoms with Crippen LogP contribution in [0.1, 0.15) is 29.9 Å². The summed E-state index contributed by atoms with van der Waals surface area (Å²) in [5.41, 5.74) is 2.22. The Morgan fingerprint density at radius 2 is 1.94 bits per heavy atom. The average Bonchev–Trinajstić information content (AvgIpc) is 3.55. The van der Waals surface area contributed by atoms with Crippen molar-refractivity contribution in [3.8, 4) is 16.9 Å². The lowest BCUT2D eigenvalue weighted by molar-refractivity contribution is -0.136. The predicted molar refractivity (Wildman–Crippen MR) is 121 cm³/mol. The molecule has 0 saturated heterocycles. The first-order chi connectivity index (χ1) is 16.4. The molecule has 0 amide bonds. The van der Waals surface area contributed by atoms with E-state index in [1.165, 1.54) is 10.5 Å². The summed E-state index contributed by atoms with van der Waals surface area (Å²) in [6.07, 6.45) is 1.63. The number of hydrogen-bond donors (Lipinski definition) is 0. The predicted octanol–water partition coefficient (Wildman–Crippen LogP) is 5.60. The molecule has 1 saturated carbocycles. The molecular weight excluding hydrogens is 443 g/mol. The van der Waals surface area contributed by atoms with Gasteiger partial charge in [0.2, 0.25) is 0 Å². The van der Waals surface area contributed by atoms with Crippen molar-refractivity contribution >= 4 is 17.0 Å². The van der Waals surface area contributed by atoms with Crippen LogP contribution in [0.15, 0.2) is 48.8 Å². The van der Waals surface area contributed by atoms with Crippen molar-refractivity contribution < 1.29 is 17.9 Å². The molecule has 6 rings (SSSR count). The number of alkyl halides is 3. The van der Waals surface area contributed by atoms with Crippen molar-refractivity contribution in [1.82, 2.24) is 19.6 Å². The van der Waals surface area contributed by atoms with Crippen molar-refractivity contribution in [1.29, 1.82) is 0 Å². The fourth-order valence-corrected chi connectivity index (χ4v) is 4.60. The first kappa shape index (κ1) is 20.9. The highest BCUT2D eigenvalue weighted by Gasteiger charge is 2.38. The maximum Gasteiger partial charge on any atom is 0.420 e. The van der Waals surface area contributed by atoms with Gasteiger partial charge in [0.1, 0.15) is 23.7 Å². The minimum Gasteiger partial charge on any atom is -0.490 e. The second-order valence-electron chi connectivity index (χ2n) is 8.90. The van der Waals surface area contributed by atoms with E-state index in [9.17, 15) is 13.2 Å². The lowest BCUT2D eigenvalue weighted by atomic mass is 9.99. The van der Waals surface area contributed by atoms with Crippen LogP contribution in [-0.2, 0) is 12.6 Å². The van der Waals surface area contributed by atoms with Gasteiger partial charge in [-0.1, -0.05) is 6.07 Å². The van der Waals surface area contributed by atoms with E-state index < -0.39 is 11.7 Å². The van der Waals surface area contributed by atoms with Gasteiger partial charge in [-0.25, -0.2) is 0 Å². The largest absolute Gasteiger partial charge is 0.490 e. The van der Waals surface area contributed by atoms with Gasteiger partial charge in [-0.15, -0.1) is 10.2 Å². The highest BCUT2D eigenvalue weighted by Crippen LogP contribution is 2.44. The second kappa shape index (κ2) is 7.72. The highest BCUT2D eigenvalue weighted by molar-refractivity contribution is 5.80. The van der Waals surface area contributed by atoms with Gasteiger partial charge in [0.25, 0.3) is 0 Å². The monoisotopic (exact) mass is 465 g/mol. The van der Waals surface area contributed by atoms with Crippen LogP contribution < -0.4 is 9.64 Å². The van der Waals surface area contributed by atoms with Crippen LogP contribution in [-0.4, -0.2) is 32.7 Å². The van der Waals surface area contributed by atoms with Crippen LogP contribution in [0.25, 0.3) is 16.8 Å². The number of fused-ring (bicyclic) bond motifs is 2. The Morgan fingerprint density at radius 1 is 1.09 bits per heavy atom. The summed E-state index contributed by atoms with van der Waals surface area (Å²) in [5, 5.41) is 8.03. The zero-order valence-electron chi connectivity index (χ0n) is 18.5. The topological polar surface area (TPSA) is 55.6 Å². The Bertz CT molecular complexity index is 1390. The number of benzene rings is 1. The number of pyridine rings is 2. The Hall–Kier alpha value is -3.62. The van der Waals surface area contributed by atoms with Crippen molar-refractivity contribution in [2.45, 2.75) is 32.4 Å². The molecular formula is C25H22F3N5O. The molecule has 3 aromatic heterocycles. The van der Waals surface area contributed by atoms with Crippen LogP contribution >= 0.6 is 0 Å². The molecule has 34 heavy (non-hydrogen) atoms. The van der Waals surface area contributed by atoms with E-state index in [0.717, 1.165) is 29.9 Å². The summed E-state index contributed by atoms with van der Waals surface area (Å²) in [6, 6.07) is 10.6. The van der Waals surface area contributed by atoms with E-state index >= 15 is 0 Å². The van der Waals surface area contributed by atoms with E-state index in [2.05, 4.69) is 20.1 Å². The molecule has 0 spiro atoms. The Kier molecular flexibility index (Phi) is 4.75. The second-order valence-corrected chi connectivity index (χ2v) is 8.90. The smallest absolute Gasteiger partial charge is 0.420 e. The number of anilines is 2. The van der Waals surface area contributed by atoms with E-state index in [1.807, 2.05) is 25.1 Å². The summed E-state index contributed by atoms with van der Waals surface area (Å²) in [5.74, 6) is 1.61. The minimum atomic E-state index is -4.58. The average molecular weight is 465 g/mol. The lowest BCUT2D eigenvalue weighted by Crippen LogP contribution is -2.28. The maximum absolute atomic E-state index is 14.3. The zero-order valence-corrected chi connectivity index (χ0v) is 18.5. The third-order valence-corrected chi connectivity index (χ3v) is 6.43. The Balaban J connectivity index is 1.45. The molecule has 174 valence electrons. The number of hydrogen-bond acceptors (Lipinski definition) is 5. The SMILES string of the molecule is Cc1cc(N2CCOc3cc(-c4ccn5c(CC6CC6)nnc5c4C(F)(F)F)ccc32)ccn1. The molecule has 0 bridgehead atoms. The third kappa shape index (κ3) is 3.65. The molecule has 4 heterocycles. The fraction of sp³-hybridized carbons (Fsp3) is 0.320. The Labute approximate surface area is 194 Å². The molecule has 4 aromatic rings. The fourth-order valence-electron chi connectivity index (χ4n) is 4.60. The van der Waals surface area contributed by atoms with Crippen LogP contribution in [0.5, 0.6) is 5.75 Å². The molecule has 1 fully saturated rings. The van der Waals surface area contributed by atoms with Crippen LogP contribution in [0, 0.1) is 12.8 Å². The number of ether oxygens (including phenoxy) is 1. The summed E-state index contributed by atoms with van der Waals surface area (Å²) < 4.78 is 50.2. The standard InChI is InChI=1S/C25H22F3N5O/c1-15-12-18(6-8-29-15)32-10-11-34-21-14-17(4-5-20(21)32)19-7-9-33-22(13-16-2-3-16)30-31-24(33)23(19)25(26,27)28/h4-9,12,14,16H,2-3,10-11,13H2,1H3. The first-order valence-electron chi connectivity index (χ1n) is 11.3. The molecule has 9 heteroatoms. The van der Waals surface area contributed by atoms with Crippen molar-refractivity contribution in [3.05, 3.63) is 65.9 Å². The lowest BCUT2D eigenvalue weighted by Gasteiger charge is -2.31. The van der Waals surface area contributed by atoms with E-state index in [4.69, 9.17) is 4.74 Å². The molecule has 0 atom stereocenters. The van der Waals surface area contributed by atoms with Gasteiger partial charge < -0.3 is 9.64 Å². The first-order valence-corrected chi connectivity index (χ1v) is 11.3. The molecule has 1 aliphatic heterocycles. The molecule has 2 aliphatic rings. The van der Waals surface area contributed by atoms with Gasteiger partial charge in [0.15, 0.2) is 5.65 Å². The van der Waals surface area contributed by atoms with E-state index in [1.54, 1.807) is 24.5 Å². The van der Waals surface area contributed by atoms with Gasteiger partial charge in [-0.05, 0) is 67.1 Å². The number of rotatable bonds is 4. The van der Waals surface area contributed by atoms with Crippen molar-refractivity contribution in [3.63, 3.8) is 0 Å². The van der Waals surface area contributed by atoms with Gasteiger partial charge >= 0.3 is 6.18 Å². The Morgan fingerprint density at radius 3 is 2.71 bits per heavy atom. The summed E-state index contributed by atoms with van der Waals surface area (Å²) in [4.78, 5) is 6.34. The molecule has 1 aromatic carbocycles. The van der Waals surface area contributed by atoms with Crippen LogP contribution in [0.2, 0.25) is 0 Å². The van der Waals surface area contributed by atoms with Gasteiger partial charge in [0, 0.05) is 30.2 Å². The van der Waals surface area contributed by atoms with Gasteiger partial charge in [0.05, 0.1) is 12.2 Å². The zero-order chi connectivity index (χ0) is 23.4. The van der Waals surface area contributed by atoms with Gasteiger partial charge in [-0.2, -0.15) is 13.2 Å². The maximum atomic E-state index is 14.3. The molecule has 0 radical (unpaired) electrons. The number of nitrogens with zero attached hydrogens (tertiary/aromatic N) is 5. The highest BCUT2D eigenvalue weighted by atomic mass is 19.4. The third-order valence-electron chi connectivity index (χ3n) is 6.43. The normalized spacial score (nSPS) is 15.9. The quantitative estimate of drug-likeness (QED) is 0.393. The summed E-state index contributed by atoms with van der Waals surface area (Å²) >= 11 is 0. The number of aromatic nitrogens is 4. The number of aryl methyl sites for hydroxylation is 1. The molecule has 1 aliphatic carbocycles.